The summed E-state index contributed by atoms with van der Waals surface area (Å²) in [6.45, 7) is 6.90. The number of rotatable bonds is 15. The number of carbonyl (C=O) groups is 2. The Morgan fingerprint density at radius 1 is 0.900 bits per heavy atom. The zero-order valence-corrected chi connectivity index (χ0v) is 24.0. The number of aryl methyl sites for hydroxylation is 1. The Balaban J connectivity index is 1.75. The molecular formula is C35H42N2O3. The van der Waals surface area contributed by atoms with Crippen LogP contribution < -0.4 is 10.6 Å². The largest absolute Gasteiger partial charge is 0.390 e. The van der Waals surface area contributed by atoms with E-state index in [1.807, 2.05) is 67.6 Å². The SMILES string of the molecule is C#Cc1cccc(CNC[C@H](O)[C@H](Cc2ccccc2)NC(=O)c2cc(C)cc(C(=O)C(CCC)CCC)c2)c1. The number of amides is 1. The maximum Gasteiger partial charge on any atom is 0.251 e. The molecular weight excluding hydrogens is 496 g/mol. The molecule has 0 radical (unpaired) electrons. The number of hydrogen-bond donors (Lipinski definition) is 3. The van der Waals surface area contributed by atoms with Gasteiger partial charge in [-0.15, -0.1) is 6.42 Å². The molecule has 5 heteroatoms. The zero-order chi connectivity index (χ0) is 28.9. The maximum absolute atomic E-state index is 13.5. The number of benzene rings is 3. The molecule has 0 heterocycles. The second kappa shape index (κ2) is 15.8. The fraction of sp³-hybridized carbons (Fsp3) is 0.371. The molecule has 0 fully saturated rings. The van der Waals surface area contributed by atoms with Gasteiger partial charge in [0.2, 0.25) is 0 Å². The lowest BCUT2D eigenvalue weighted by Crippen LogP contribution is -2.48. The molecule has 0 aliphatic heterocycles. The lowest BCUT2D eigenvalue weighted by molar-refractivity contribution is 0.0830. The molecule has 0 unspecified atom stereocenters. The number of aliphatic hydroxyl groups is 1. The third kappa shape index (κ3) is 9.19. The number of Topliss-reactive ketones (excluding diaryl/α,β-unsaturated/α-hetero) is 1. The number of nitrogens with one attached hydrogen (secondary N) is 2. The van der Waals surface area contributed by atoms with Crippen molar-refractivity contribution in [1.29, 1.82) is 0 Å². The Kier molecular flexibility index (Phi) is 12.1. The van der Waals surface area contributed by atoms with E-state index in [1.54, 1.807) is 12.1 Å². The molecule has 0 aliphatic carbocycles. The van der Waals surface area contributed by atoms with Gasteiger partial charge in [-0.2, -0.15) is 0 Å². The lowest BCUT2D eigenvalue weighted by Gasteiger charge is -2.25. The smallest absolute Gasteiger partial charge is 0.251 e. The maximum atomic E-state index is 13.5. The summed E-state index contributed by atoms with van der Waals surface area (Å²) < 4.78 is 0. The normalized spacial score (nSPS) is 12.5. The van der Waals surface area contributed by atoms with Crippen molar-refractivity contribution in [3.05, 3.63) is 106 Å². The molecule has 3 aromatic carbocycles. The van der Waals surface area contributed by atoms with Crippen LogP contribution in [0.2, 0.25) is 0 Å². The van der Waals surface area contributed by atoms with E-state index in [0.29, 0.717) is 24.1 Å². The molecule has 3 rings (SSSR count). The van der Waals surface area contributed by atoms with Gasteiger partial charge in [0.1, 0.15) is 0 Å². The molecule has 5 nitrogen and oxygen atoms in total. The molecule has 1 amide bonds. The average Bonchev–Trinajstić information content (AvgIpc) is 2.96. The van der Waals surface area contributed by atoms with Crippen LogP contribution in [-0.4, -0.2) is 35.5 Å². The van der Waals surface area contributed by atoms with Crippen molar-refractivity contribution in [2.45, 2.75) is 71.6 Å². The van der Waals surface area contributed by atoms with E-state index >= 15 is 0 Å². The number of carbonyl (C=O) groups excluding carboxylic acids is 2. The van der Waals surface area contributed by atoms with Gasteiger partial charge in [-0.25, -0.2) is 0 Å². The average molecular weight is 539 g/mol. The van der Waals surface area contributed by atoms with Crippen molar-refractivity contribution in [1.82, 2.24) is 10.6 Å². The van der Waals surface area contributed by atoms with Gasteiger partial charge < -0.3 is 15.7 Å². The van der Waals surface area contributed by atoms with Crippen LogP contribution in [-0.2, 0) is 13.0 Å². The molecule has 0 aromatic heterocycles. The second-order valence-corrected chi connectivity index (χ2v) is 10.5. The first-order valence-corrected chi connectivity index (χ1v) is 14.3. The van der Waals surface area contributed by atoms with Gasteiger partial charge in [0.05, 0.1) is 12.1 Å². The van der Waals surface area contributed by atoms with Crippen LogP contribution in [0.15, 0.2) is 72.8 Å². The van der Waals surface area contributed by atoms with Crippen LogP contribution in [0.5, 0.6) is 0 Å². The van der Waals surface area contributed by atoms with Gasteiger partial charge in [-0.1, -0.05) is 75.1 Å². The molecule has 0 saturated carbocycles. The van der Waals surface area contributed by atoms with E-state index in [2.05, 4.69) is 30.4 Å². The molecule has 0 saturated heterocycles. The highest BCUT2D eigenvalue weighted by atomic mass is 16.3. The van der Waals surface area contributed by atoms with E-state index in [9.17, 15) is 14.7 Å². The third-order valence-corrected chi connectivity index (χ3v) is 7.12. The minimum absolute atomic E-state index is 0.0345. The van der Waals surface area contributed by atoms with Gasteiger partial charge in [0.25, 0.3) is 5.91 Å². The summed E-state index contributed by atoms with van der Waals surface area (Å²) in [5.41, 5.74) is 4.70. The fourth-order valence-electron chi connectivity index (χ4n) is 5.08. The van der Waals surface area contributed by atoms with Crippen molar-refractivity contribution in [3.8, 4) is 12.3 Å². The van der Waals surface area contributed by atoms with Crippen molar-refractivity contribution >= 4 is 11.7 Å². The Morgan fingerprint density at radius 3 is 2.25 bits per heavy atom. The van der Waals surface area contributed by atoms with Gasteiger partial charge in [-0.05, 0) is 73.2 Å². The Bertz CT molecular complexity index is 1290. The Labute approximate surface area is 239 Å². The minimum atomic E-state index is -0.843. The summed E-state index contributed by atoms with van der Waals surface area (Å²) in [5, 5.41) is 17.5. The molecule has 3 aromatic rings. The lowest BCUT2D eigenvalue weighted by atomic mass is 9.88. The van der Waals surface area contributed by atoms with Crippen LogP contribution >= 0.6 is 0 Å². The van der Waals surface area contributed by atoms with Gasteiger partial charge in [-0.3, -0.25) is 9.59 Å². The van der Waals surface area contributed by atoms with Crippen LogP contribution in [0.25, 0.3) is 0 Å². The van der Waals surface area contributed by atoms with E-state index in [-0.39, 0.29) is 24.2 Å². The number of terminal acetylenes is 1. The molecule has 3 N–H and O–H groups in total. The van der Waals surface area contributed by atoms with Gasteiger partial charge >= 0.3 is 0 Å². The highest BCUT2D eigenvalue weighted by Gasteiger charge is 2.24. The second-order valence-electron chi connectivity index (χ2n) is 10.5. The molecule has 40 heavy (non-hydrogen) atoms. The summed E-state index contributed by atoms with van der Waals surface area (Å²) >= 11 is 0. The van der Waals surface area contributed by atoms with Gasteiger partial charge in [0.15, 0.2) is 5.78 Å². The molecule has 210 valence electrons. The van der Waals surface area contributed by atoms with Crippen LogP contribution in [0.3, 0.4) is 0 Å². The van der Waals surface area contributed by atoms with Crippen molar-refractivity contribution in [2.75, 3.05) is 6.54 Å². The monoisotopic (exact) mass is 538 g/mol. The first kappa shape index (κ1) is 30.8. The summed E-state index contributed by atoms with van der Waals surface area (Å²) in [5.74, 6) is 2.40. The summed E-state index contributed by atoms with van der Waals surface area (Å²) in [6, 6.07) is 22.3. The Morgan fingerprint density at radius 2 is 1.57 bits per heavy atom. The van der Waals surface area contributed by atoms with E-state index in [1.165, 1.54) is 0 Å². The first-order valence-electron chi connectivity index (χ1n) is 14.3. The quantitative estimate of drug-likeness (QED) is 0.167. The number of ketones is 1. The molecule has 0 spiro atoms. The van der Waals surface area contributed by atoms with E-state index in [4.69, 9.17) is 6.42 Å². The number of aliphatic hydroxyl groups excluding tert-OH is 1. The van der Waals surface area contributed by atoms with Crippen molar-refractivity contribution < 1.29 is 14.7 Å². The predicted molar refractivity (Wildman–Crippen MR) is 162 cm³/mol. The third-order valence-electron chi connectivity index (χ3n) is 7.12. The highest BCUT2D eigenvalue weighted by Crippen LogP contribution is 2.22. The number of hydrogen-bond acceptors (Lipinski definition) is 4. The van der Waals surface area contributed by atoms with Gasteiger partial charge in [0, 0.05) is 35.7 Å². The zero-order valence-electron chi connectivity index (χ0n) is 24.0. The first-order chi connectivity index (χ1) is 19.3. The fourth-order valence-corrected chi connectivity index (χ4v) is 5.08. The summed E-state index contributed by atoms with van der Waals surface area (Å²) in [4.78, 5) is 26.8. The molecule has 2 atom stereocenters. The van der Waals surface area contributed by atoms with Crippen LogP contribution in [0.4, 0.5) is 0 Å². The van der Waals surface area contributed by atoms with E-state index < -0.39 is 12.1 Å². The topological polar surface area (TPSA) is 78.4 Å². The summed E-state index contributed by atoms with van der Waals surface area (Å²) in [6.07, 6.45) is 8.70. The predicted octanol–water partition coefficient (Wildman–Crippen LogP) is 5.87. The van der Waals surface area contributed by atoms with Crippen LogP contribution in [0, 0.1) is 25.2 Å². The standard InChI is InChI=1S/C35H42N2O3/c1-5-12-29(13-6-2)34(39)30-18-25(4)19-31(22-30)35(40)37-32(21-27-14-9-8-10-15-27)33(38)24-36-23-28-17-11-16-26(7-3)20-28/h3,8-11,14-20,22,29,32-33,36,38H,5-6,12-13,21,23-24H2,1-2,4H3,(H,37,40)/t32-,33-/m0/s1. The molecule has 0 bridgehead atoms. The van der Waals surface area contributed by atoms with Crippen LogP contribution in [0.1, 0.15) is 82.5 Å². The summed E-state index contributed by atoms with van der Waals surface area (Å²) in [7, 11) is 0. The van der Waals surface area contributed by atoms with Crippen molar-refractivity contribution in [2.24, 2.45) is 5.92 Å². The van der Waals surface area contributed by atoms with E-state index in [0.717, 1.165) is 47.9 Å². The Hall–Kier alpha value is -3.72. The highest BCUT2D eigenvalue weighted by molar-refractivity contribution is 6.02. The van der Waals surface area contributed by atoms with Crippen molar-refractivity contribution in [3.63, 3.8) is 0 Å². The molecule has 0 aliphatic rings. The minimum Gasteiger partial charge on any atom is -0.390 e.